The maximum absolute atomic E-state index is 12.6. The summed E-state index contributed by atoms with van der Waals surface area (Å²) in [6, 6.07) is 11.2. The fraction of sp³-hybridized carbons (Fsp3) is 0.167. The van der Waals surface area contributed by atoms with E-state index in [-0.39, 0.29) is 10.8 Å². The predicted molar refractivity (Wildman–Crippen MR) is 103 cm³/mol. The van der Waals surface area contributed by atoms with Gasteiger partial charge in [-0.1, -0.05) is 16.9 Å². The molecule has 0 atom stereocenters. The Kier molecular flexibility index (Phi) is 5.62. The first kappa shape index (κ1) is 19.1. The average molecular weight is 403 g/mol. The second kappa shape index (κ2) is 7.93. The SMILES string of the molecule is Cc1cc(CSc2ncccc2C(=O)Nc2ccc(S(C)(=O)=O)cc2)no1. The molecule has 3 rings (SSSR count). The summed E-state index contributed by atoms with van der Waals surface area (Å²) in [7, 11) is -3.28. The Labute approximate surface area is 161 Å². The first-order chi connectivity index (χ1) is 12.8. The van der Waals surface area contributed by atoms with E-state index in [1.54, 1.807) is 30.5 Å². The molecule has 0 aliphatic carbocycles. The van der Waals surface area contributed by atoms with Crippen LogP contribution in [0.1, 0.15) is 21.8 Å². The van der Waals surface area contributed by atoms with E-state index in [1.807, 2.05) is 13.0 Å². The third-order valence-electron chi connectivity index (χ3n) is 3.59. The molecule has 0 aliphatic heterocycles. The number of carbonyl (C=O) groups is 1. The summed E-state index contributed by atoms with van der Waals surface area (Å²) in [5.74, 6) is 0.925. The van der Waals surface area contributed by atoms with E-state index in [9.17, 15) is 13.2 Å². The number of sulfone groups is 1. The number of carbonyl (C=O) groups excluding carboxylic acids is 1. The van der Waals surface area contributed by atoms with Gasteiger partial charge in [0.1, 0.15) is 10.8 Å². The normalized spacial score (nSPS) is 11.3. The Balaban J connectivity index is 1.73. The van der Waals surface area contributed by atoms with Crippen LogP contribution in [-0.4, -0.2) is 30.7 Å². The van der Waals surface area contributed by atoms with E-state index in [0.717, 1.165) is 17.7 Å². The van der Waals surface area contributed by atoms with Crippen LogP contribution in [0.2, 0.25) is 0 Å². The molecule has 0 fully saturated rings. The highest BCUT2D eigenvalue weighted by Crippen LogP contribution is 2.25. The summed E-state index contributed by atoms with van der Waals surface area (Å²) >= 11 is 1.38. The largest absolute Gasteiger partial charge is 0.361 e. The molecule has 1 N–H and O–H groups in total. The Hall–Kier alpha value is -2.65. The predicted octanol–water partition coefficient (Wildman–Crippen LogP) is 3.33. The highest BCUT2D eigenvalue weighted by atomic mass is 32.2. The van der Waals surface area contributed by atoms with Gasteiger partial charge in [-0.2, -0.15) is 0 Å². The van der Waals surface area contributed by atoms with Crippen molar-refractivity contribution in [3.63, 3.8) is 0 Å². The lowest BCUT2D eigenvalue weighted by atomic mass is 10.2. The molecule has 0 radical (unpaired) electrons. The second-order valence-corrected chi connectivity index (χ2v) is 8.80. The van der Waals surface area contributed by atoms with Crippen LogP contribution in [0.5, 0.6) is 0 Å². The summed E-state index contributed by atoms with van der Waals surface area (Å²) in [5.41, 5.74) is 1.69. The number of hydrogen-bond acceptors (Lipinski definition) is 7. The summed E-state index contributed by atoms with van der Waals surface area (Å²) in [6.07, 6.45) is 2.75. The van der Waals surface area contributed by atoms with Crippen LogP contribution in [0.25, 0.3) is 0 Å². The monoisotopic (exact) mass is 403 g/mol. The van der Waals surface area contributed by atoms with E-state index in [2.05, 4.69) is 15.5 Å². The Morgan fingerprint density at radius 2 is 1.96 bits per heavy atom. The molecule has 27 heavy (non-hydrogen) atoms. The van der Waals surface area contributed by atoms with Gasteiger partial charge in [0.05, 0.1) is 16.2 Å². The number of rotatable bonds is 6. The highest BCUT2D eigenvalue weighted by molar-refractivity contribution is 7.98. The molecule has 9 heteroatoms. The molecule has 0 bridgehead atoms. The Bertz CT molecular complexity index is 1060. The van der Waals surface area contributed by atoms with Crippen LogP contribution < -0.4 is 5.32 Å². The summed E-state index contributed by atoms with van der Waals surface area (Å²) in [5, 5.41) is 7.26. The fourth-order valence-electron chi connectivity index (χ4n) is 2.29. The maximum Gasteiger partial charge on any atom is 0.258 e. The van der Waals surface area contributed by atoms with Crippen LogP contribution in [-0.2, 0) is 15.6 Å². The van der Waals surface area contributed by atoms with Crippen molar-refractivity contribution >= 4 is 33.2 Å². The van der Waals surface area contributed by atoms with Gasteiger partial charge in [0.2, 0.25) is 0 Å². The van der Waals surface area contributed by atoms with E-state index in [1.165, 1.54) is 23.9 Å². The zero-order valence-electron chi connectivity index (χ0n) is 14.7. The van der Waals surface area contributed by atoms with E-state index >= 15 is 0 Å². The molecular formula is C18H17N3O4S2. The maximum atomic E-state index is 12.6. The van der Waals surface area contributed by atoms with Crippen molar-refractivity contribution in [2.75, 3.05) is 11.6 Å². The van der Waals surface area contributed by atoms with Crippen LogP contribution >= 0.6 is 11.8 Å². The van der Waals surface area contributed by atoms with Gasteiger partial charge in [-0.25, -0.2) is 13.4 Å². The van der Waals surface area contributed by atoms with Gasteiger partial charge in [-0.05, 0) is 43.3 Å². The second-order valence-electron chi connectivity index (χ2n) is 5.82. The molecule has 0 saturated carbocycles. The third kappa shape index (κ3) is 4.95. The average Bonchev–Trinajstić information content (AvgIpc) is 3.05. The lowest BCUT2D eigenvalue weighted by Crippen LogP contribution is -2.13. The number of benzene rings is 1. The van der Waals surface area contributed by atoms with E-state index in [4.69, 9.17) is 4.52 Å². The van der Waals surface area contributed by atoms with Gasteiger partial charge in [0, 0.05) is 30.0 Å². The molecule has 7 nitrogen and oxygen atoms in total. The number of amides is 1. The van der Waals surface area contributed by atoms with Crippen molar-refractivity contribution in [1.82, 2.24) is 10.1 Å². The lowest BCUT2D eigenvalue weighted by Gasteiger charge is -2.09. The zero-order chi connectivity index (χ0) is 19.4. The van der Waals surface area contributed by atoms with Crippen LogP contribution in [0.3, 0.4) is 0 Å². The third-order valence-corrected chi connectivity index (χ3v) is 5.76. The minimum absolute atomic E-state index is 0.195. The van der Waals surface area contributed by atoms with Crippen LogP contribution in [0.4, 0.5) is 5.69 Å². The van der Waals surface area contributed by atoms with Crippen molar-refractivity contribution in [3.05, 3.63) is 65.7 Å². The van der Waals surface area contributed by atoms with Crippen molar-refractivity contribution < 1.29 is 17.7 Å². The van der Waals surface area contributed by atoms with Gasteiger partial charge >= 0.3 is 0 Å². The highest BCUT2D eigenvalue weighted by Gasteiger charge is 2.14. The molecule has 0 unspecified atom stereocenters. The van der Waals surface area contributed by atoms with Crippen molar-refractivity contribution in [2.45, 2.75) is 22.6 Å². The van der Waals surface area contributed by atoms with Crippen LogP contribution in [0.15, 0.2) is 63.1 Å². The van der Waals surface area contributed by atoms with E-state index in [0.29, 0.717) is 22.0 Å². The number of pyridine rings is 1. The lowest BCUT2D eigenvalue weighted by molar-refractivity contribution is 0.102. The molecule has 0 saturated heterocycles. The van der Waals surface area contributed by atoms with E-state index < -0.39 is 9.84 Å². The number of thioether (sulfide) groups is 1. The van der Waals surface area contributed by atoms with Crippen molar-refractivity contribution in [3.8, 4) is 0 Å². The summed E-state index contributed by atoms with van der Waals surface area (Å²) in [4.78, 5) is 17.1. The van der Waals surface area contributed by atoms with Gasteiger partial charge in [-0.3, -0.25) is 4.79 Å². The minimum atomic E-state index is -3.28. The number of nitrogens with zero attached hydrogens (tertiary/aromatic N) is 2. The molecule has 2 aromatic heterocycles. The van der Waals surface area contributed by atoms with Crippen molar-refractivity contribution in [1.29, 1.82) is 0 Å². The first-order valence-corrected chi connectivity index (χ1v) is 10.8. The molecule has 1 amide bonds. The Morgan fingerprint density at radius 1 is 1.22 bits per heavy atom. The number of anilines is 1. The smallest absolute Gasteiger partial charge is 0.258 e. The fourth-order valence-corrected chi connectivity index (χ4v) is 3.79. The number of aryl methyl sites for hydroxylation is 1. The van der Waals surface area contributed by atoms with Gasteiger partial charge in [0.15, 0.2) is 9.84 Å². The molecule has 0 spiro atoms. The van der Waals surface area contributed by atoms with Gasteiger partial charge < -0.3 is 9.84 Å². The topological polar surface area (TPSA) is 102 Å². The Morgan fingerprint density at radius 3 is 2.59 bits per heavy atom. The number of nitrogens with one attached hydrogen (secondary N) is 1. The van der Waals surface area contributed by atoms with Crippen LogP contribution in [0, 0.1) is 6.92 Å². The standard InChI is InChI=1S/C18H17N3O4S2/c1-12-10-14(21-25-12)11-26-18-16(4-3-9-19-18)17(22)20-13-5-7-15(8-6-13)27(2,23)24/h3-10H,11H2,1-2H3,(H,20,22). The molecule has 2 heterocycles. The minimum Gasteiger partial charge on any atom is -0.361 e. The quantitative estimate of drug-likeness (QED) is 0.630. The number of hydrogen-bond donors (Lipinski definition) is 1. The summed E-state index contributed by atoms with van der Waals surface area (Å²) < 4.78 is 28.1. The molecule has 3 aromatic rings. The van der Waals surface area contributed by atoms with Gasteiger partial charge in [-0.15, -0.1) is 0 Å². The first-order valence-electron chi connectivity index (χ1n) is 7.94. The zero-order valence-corrected chi connectivity index (χ0v) is 16.3. The molecule has 140 valence electrons. The van der Waals surface area contributed by atoms with Gasteiger partial charge in [0.25, 0.3) is 5.91 Å². The molecule has 1 aromatic carbocycles. The van der Waals surface area contributed by atoms with Crippen molar-refractivity contribution in [2.24, 2.45) is 0 Å². The number of aromatic nitrogens is 2. The molecular weight excluding hydrogens is 386 g/mol. The molecule has 0 aliphatic rings. The summed E-state index contributed by atoms with van der Waals surface area (Å²) in [6.45, 7) is 1.82.